The fourth-order valence-electron chi connectivity index (χ4n) is 2.64. The molecule has 0 aliphatic rings. The summed E-state index contributed by atoms with van der Waals surface area (Å²) in [6.07, 6.45) is 0. The van der Waals surface area contributed by atoms with Gasteiger partial charge in [-0.1, -0.05) is 29.8 Å². The molecule has 6 heteroatoms. The van der Waals surface area contributed by atoms with E-state index in [1.165, 1.54) is 0 Å². The molecule has 0 aliphatic heterocycles. The Kier molecular flexibility index (Phi) is 6.87. The molecular weight excluding hydrogens is 374 g/mol. The van der Waals surface area contributed by atoms with Gasteiger partial charge in [0.1, 0.15) is 11.5 Å². The van der Waals surface area contributed by atoms with Gasteiger partial charge in [-0.15, -0.1) is 0 Å². The monoisotopic (exact) mass is 397 g/mol. The summed E-state index contributed by atoms with van der Waals surface area (Å²) in [5, 5.41) is 2.44. The standard InChI is InChI=1S/C22H24ClN3O2/c1-3-27-19-14-12-18(13-15-19)26(25-22-11-6-5-10-21(22)23)24-17-8-7-9-20(16-17)28-4-2/h5-16,24-25H,3-4H2,1-2H3. The fourth-order valence-corrected chi connectivity index (χ4v) is 2.82. The number of halogens is 1. The average Bonchev–Trinajstić information content (AvgIpc) is 2.71. The van der Waals surface area contributed by atoms with E-state index in [1.807, 2.05) is 91.8 Å². The molecule has 0 atom stereocenters. The Hall–Kier alpha value is -3.05. The molecule has 0 fully saturated rings. The van der Waals surface area contributed by atoms with Crippen molar-refractivity contribution < 1.29 is 9.47 Å². The molecule has 0 spiro atoms. The first-order chi connectivity index (χ1) is 13.7. The van der Waals surface area contributed by atoms with Gasteiger partial charge in [-0.3, -0.25) is 10.9 Å². The van der Waals surface area contributed by atoms with Crippen molar-refractivity contribution in [3.05, 3.63) is 77.8 Å². The SMILES string of the molecule is CCOc1ccc(N(Nc2cccc(OCC)c2)Nc2ccccc2Cl)cc1. The second kappa shape index (κ2) is 9.76. The number of ether oxygens (including phenoxy) is 2. The van der Waals surface area contributed by atoms with Gasteiger partial charge in [0.25, 0.3) is 0 Å². The van der Waals surface area contributed by atoms with Crippen LogP contribution in [0.3, 0.4) is 0 Å². The summed E-state index contributed by atoms with van der Waals surface area (Å²) < 4.78 is 11.1. The van der Waals surface area contributed by atoms with Gasteiger partial charge in [0.2, 0.25) is 0 Å². The van der Waals surface area contributed by atoms with E-state index in [4.69, 9.17) is 21.1 Å². The number of rotatable bonds is 9. The van der Waals surface area contributed by atoms with Crippen LogP contribution in [-0.4, -0.2) is 13.2 Å². The number of nitrogens with one attached hydrogen (secondary N) is 2. The van der Waals surface area contributed by atoms with Crippen LogP contribution in [0.25, 0.3) is 0 Å². The number of hydrazine groups is 2. The molecule has 0 amide bonds. The average molecular weight is 398 g/mol. The zero-order chi connectivity index (χ0) is 19.8. The maximum Gasteiger partial charge on any atom is 0.121 e. The van der Waals surface area contributed by atoms with Gasteiger partial charge in [-0.25, -0.2) is 0 Å². The summed E-state index contributed by atoms with van der Waals surface area (Å²) >= 11 is 6.33. The summed E-state index contributed by atoms with van der Waals surface area (Å²) in [7, 11) is 0. The molecule has 0 bridgehead atoms. The van der Waals surface area contributed by atoms with Crippen LogP contribution in [0.15, 0.2) is 72.8 Å². The van der Waals surface area contributed by atoms with Gasteiger partial charge in [0.05, 0.1) is 35.3 Å². The highest BCUT2D eigenvalue weighted by Gasteiger charge is 2.10. The zero-order valence-corrected chi connectivity index (χ0v) is 16.7. The van der Waals surface area contributed by atoms with E-state index in [2.05, 4.69) is 10.9 Å². The Labute approximate surface area is 170 Å². The minimum absolute atomic E-state index is 0.615. The van der Waals surface area contributed by atoms with Gasteiger partial charge in [-0.05, 0) is 62.4 Å². The second-order valence-electron chi connectivity index (χ2n) is 5.93. The second-order valence-corrected chi connectivity index (χ2v) is 6.33. The summed E-state index contributed by atoms with van der Waals surface area (Å²) in [6, 6.07) is 23.2. The number of nitrogens with zero attached hydrogens (tertiary/aromatic N) is 1. The molecule has 0 saturated carbocycles. The lowest BCUT2D eigenvalue weighted by Gasteiger charge is -2.28. The molecule has 146 valence electrons. The normalized spacial score (nSPS) is 10.2. The van der Waals surface area contributed by atoms with Crippen molar-refractivity contribution in [1.82, 2.24) is 0 Å². The van der Waals surface area contributed by atoms with E-state index in [0.717, 1.165) is 28.6 Å². The lowest BCUT2D eigenvalue weighted by atomic mass is 10.3. The number of benzene rings is 3. The largest absolute Gasteiger partial charge is 0.494 e. The van der Waals surface area contributed by atoms with Crippen LogP contribution in [0.4, 0.5) is 17.1 Å². The molecule has 0 heterocycles. The lowest BCUT2D eigenvalue weighted by molar-refractivity contribution is 0.340. The van der Waals surface area contributed by atoms with Crippen molar-refractivity contribution >= 4 is 28.7 Å². The van der Waals surface area contributed by atoms with Crippen LogP contribution in [0, 0.1) is 0 Å². The van der Waals surface area contributed by atoms with E-state index < -0.39 is 0 Å². The molecule has 0 radical (unpaired) electrons. The van der Waals surface area contributed by atoms with Gasteiger partial charge in [0.15, 0.2) is 0 Å². The molecular formula is C22H24ClN3O2. The van der Waals surface area contributed by atoms with Crippen molar-refractivity contribution in [1.29, 1.82) is 0 Å². The molecule has 3 rings (SSSR count). The number of anilines is 3. The van der Waals surface area contributed by atoms with Crippen LogP contribution >= 0.6 is 11.6 Å². The van der Waals surface area contributed by atoms with E-state index in [1.54, 1.807) is 0 Å². The van der Waals surface area contributed by atoms with Crippen molar-refractivity contribution in [3.8, 4) is 11.5 Å². The van der Waals surface area contributed by atoms with E-state index in [9.17, 15) is 0 Å². The molecule has 0 unspecified atom stereocenters. The van der Waals surface area contributed by atoms with E-state index >= 15 is 0 Å². The molecule has 3 aromatic carbocycles. The Morgan fingerprint density at radius 2 is 1.50 bits per heavy atom. The highest BCUT2D eigenvalue weighted by molar-refractivity contribution is 6.33. The van der Waals surface area contributed by atoms with E-state index in [0.29, 0.717) is 18.2 Å². The topological polar surface area (TPSA) is 45.8 Å². The smallest absolute Gasteiger partial charge is 0.121 e. The summed E-state index contributed by atoms with van der Waals surface area (Å²) in [4.78, 5) is 0. The molecule has 28 heavy (non-hydrogen) atoms. The number of hydrogen-bond acceptors (Lipinski definition) is 5. The van der Waals surface area contributed by atoms with Gasteiger partial charge >= 0.3 is 0 Å². The third-order valence-electron chi connectivity index (χ3n) is 3.90. The maximum absolute atomic E-state index is 6.33. The number of hydrogen-bond donors (Lipinski definition) is 2. The van der Waals surface area contributed by atoms with Crippen LogP contribution < -0.4 is 25.4 Å². The predicted octanol–water partition coefficient (Wildman–Crippen LogP) is 6.00. The van der Waals surface area contributed by atoms with Crippen molar-refractivity contribution in [2.24, 2.45) is 0 Å². The van der Waals surface area contributed by atoms with Crippen molar-refractivity contribution in [2.75, 3.05) is 29.2 Å². The maximum atomic E-state index is 6.33. The summed E-state index contributed by atoms with van der Waals surface area (Å²) in [5.74, 6) is 1.62. The van der Waals surface area contributed by atoms with E-state index in [-0.39, 0.29) is 0 Å². The van der Waals surface area contributed by atoms with Crippen molar-refractivity contribution in [3.63, 3.8) is 0 Å². The first-order valence-corrected chi connectivity index (χ1v) is 9.61. The molecule has 0 saturated heterocycles. The van der Waals surface area contributed by atoms with Crippen molar-refractivity contribution in [2.45, 2.75) is 13.8 Å². The third-order valence-corrected chi connectivity index (χ3v) is 4.23. The Balaban J connectivity index is 1.87. The highest BCUT2D eigenvalue weighted by atomic mass is 35.5. The Morgan fingerprint density at radius 3 is 2.21 bits per heavy atom. The van der Waals surface area contributed by atoms with Crippen LogP contribution in [-0.2, 0) is 0 Å². The third kappa shape index (κ3) is 5.24. The first-order valence-electron chi connectivity index (χ1n) is 9.23. The van der Waals surface area contributed by atoms with Gasteiger partial charge in [0, 0.05) is 6.07 Å². The highest BCUT2D eigenvalue weighted by Crippen LogP contribution is 2.26. The Bertz CT molecular complexity index is 887. The first kappa shape index (κ1) is 19.7. The quantitative estimate of drug-likeness (QED) is 0.434. The van der Waals surface area contributed by atoms with Crippen LogP contribution in [0.2, 0.25) is 5.02 Å². The fraction of sp³-hybridized carbons (Fsp3) is 0.182. The molecule has 3 aromatic rings. The minimum Gasteiger partial charge on any atom is -0.494 e. The van der Waals surface area contributed by atoms with Crippen LogP contribution in [0.1, 0.15) is 13.8 Å². The molecule has 5 nitrogen and oxygen atoms in total. The summed E-state index contributed by atoms with van der Waals surface area (Å²) in [6.45, 7) is 5.17. The molecule has 0 aromatic heterocycles. The number of para-hydroxylation sites is 1. The zero-order valence-electron chi connectivity index (χ0n) is 16.0. The molecule has 0 aliphatic carbocycles. The Morgan fingerprint density at radius 1 is 0.786 bits per heavy atom. The molecule has 2 N–H and O–H groups in total. The van der Waals surface area contributed by atoms with Crippen LogP contribution in [0.5, 0.6) is 11.5 Å². The van der Waals surface area contributed by atoms with Gasteiger partial charge in [-0.2, -0.15) is 5.12 Å². The summed E-state index contributed by atoms with van der Waals surface area (Å²) in [5.41, 5.74) is 9.24. The lowest BCUT2D eigenvalue weighted by Crippen LogP contribution is -2.35. The minimum atomic E-state index is 0.615. The predicted molar refractivity (Wildman–Crippen MR) is 116 cm³/mol. The van der Waals surface area contributed by atoms with Gasteiger partial charge < -0.3 is 9.47 Å².